The monoisotopic (exact) mass is 381 g/mol. The minimum atomic E-state index is 0.275. The van der Waals surface area contributed by atoms with Crippen LogP contribution in [0.4, 0.5) is 0 Å². The van der Waals surface area contributed by atoms with Gasteiger partial charge in [0.2, 0.25) is 5.89 Å². The van der Waals surface area contributed by atoms with Gasteiger partial charge in [-0.15, -0.1) is 0 Å². The highest BCUT2D eigenvalue weighted by molar-refractivity contribution is 9.10. The van der Waals surface area contributed by atoms with Crippen molar-refractivity contribution < 1.29 is 9.52 Å². The molecule has 1 aliphatic rings. The molecule has 1 saturated heterocycles. The van der Waals surface area contributed by atoms with Crippen LogP contribution in [0.1, 0.15) is 25.2 Å². The van der Waals surface area contributed by atoms with Gasteiger partial charge in [0.25, 0.3) is 0 Å². The number of halogens is 1. The van der Waals surface area contributed by atoms with Crippen molar-refractivity contribution in [3.8, 4) is 0 Å². The maximum absolute atomic E-state index is 8.94. The average molecular weight is 382 g/mol. The van der Waals surface area contributed by atoms with E-state index in [1.165, 1.54) is 0 Å². The van der Waals surface area contributed by atoms with Crippen LogP contribution in [0.25, 0.3) is 11.1 Å². The van der Waals surface area contributed by atoms with Gasteiger partial charge in [-0.05, 0) is 44.5 Å². The third-order valence-corrected chi connectivity index (χ3v) is 5.10. The van der Waals surface area contributed by atoms with Gasteiger partial charge in [-0.1, -0.05) is 15.9 Å². The quantitative estimate of drug-likeness (QED) is 0.833. The first-order chi connectivity index (χ1) is 11.2. The summed E-state index contributed by atoms with van der Waals surface area (Å²) in [7, 11) is 2.16. The van der Waals surface area contributed by atoms with E-state index in [9.17, 15) is 0 Å². The Hall–Kier alpha value is -0.950. The number of rotatable bonds is 6. The van der Waals surface area contributed by atoms with E-state index in [-0.39, 0.29) is 6.61 Å². The number of aromatic nitrogens is 1. The van der Waals surface area contributed by atoms with Crippen LogP contribution >= 0.6 is 15.9 Å². The van der Waals surface area contributed by atoms with E-state index in [1.54, 1.807) is 0 Å². The molecule has 5 nitrogen and oxygen atoms in total. The van der Waals surface area contributed by atoms with Crippen LogP contribution in [0.2, 0.25) is 0 Å². The number of hydrogen-bond donors (Lipinski definition) is 1. The first kappa shape index (κ1) is 16.9. The van der Waals surface area contributed by atoms with Crippen molar-refractivity contribution in [3.63, 3.8) is 0 Å². The molecule has 0 aliphatic carbocycles. The molecule has 3 rings (SSSR count). The lowest BCUT2D eigenvalue weighted by molar-refractivity contribution is 0.112. The number of oxazole rings is 1. The van der Waals surface area contributed by atoms with Gasteiger partial charge in [0, 0.05) is 36.8 Å². The number of likely N-dealkylation sites (tertiary alicyclic amines) is 1. The molecular weight excluding hydrogens is 358 g/mol. The van der Waals surface area contributed by atoms with Crippen LogP contribution in [0.3, 0.4) is 0 Å². The van der Waals surface area contributed by atoms with Crippen molar-refractivity contribution in [1.82, 2.24) is 14.8 Å². The van der Waals surface area contributed by atoms with Gasteiger partial charge in [0.05, 0.1) is 6.54 Å². The topological polar surface area (TPSA) is 52.7 Å². The summed E-state index contributed by atoms with van der Waals surface area (Å²) in [5.74, 6) is 0.796. The predicted octanol–water partition coefficient (Wildman–Crippen LogP) is 2.87. The Labute approximate surface area is 145 Å². The molecule has 0 unspecified atom stereocenters. The maximum Gasteiger partial charge on any atom is 0.209 e. The van der Waals surface area contributed by atoms with E-state index < -0.39 is 0 Å². The number of aliphatic hydroxyl groups is 1. The van der Waals surface area contributed by atoms with Crippen LogP contribution in [0.15, 0.2) is 27.1 Å². The van der Waals surface area contributed by atoms with Crippen LogP contribution in [-0.4, -0.2) is 59.2 Å². The van der Waals surface area contributed by atoms with E-state index in [2.05, 4.69) is 37.8 Å². The minimum Gasteiger partial charge on any atom is -0.439 e. The van der Waals surface area contributed by atoms with Gasteiger partial charge >= 0.3 is 0 Å². The zero-order chi connectivity index (χ0) is 16.2. The first-order valence-corrected chi connectivity index (χ1v) is 9.03. The molecule has 0 radical (unpaired) electrons. The van der Waals surface area contributed by atoms with Gasteiger partial charge in [-0.3, -0.25) is 4.90 Å². The molecular formula is C17H24BrN3O2. The normalized spacial score (nSPS) is 17.4. The first-order valence-electron chi connectivity index (χ1n) is 8.24. The van der Waals surface area contributed by atoms with Gasteiger partial charge in [0.1, 0.15) is 5.52 Å². The molecule has 0 amide bonds. The highest BCUT2D eigenvalue weighted by Crippen LogP contribution is 2.22. The molecule has 1 aliphatic heterocycles. The number of benzene rings is 1. The zero-order valence-electron chi connectivity index (χ0n) is 13.5. The SMILES string of the molecule is CN(CCCO)C1CCN(Cc2nc3ccc(Br)cc3o2)CC1. The van der Waals surface area contributed by atoms with E-state index in [0.717, 1.165) is 66.9 Å². The molecule has 2 heterocycles. The van der Waals surface area contributed by atoms with E-state index >= 15 is 0 Å². The highest BCUT2D eigenvalue weighted by Gasteiger charge is 2.23. The minimum absolute atomic E-state index is 0.275. The summed E-state index contributed by atoms with van der Waals surface area (Å²) in [6, 6.07) is 6.56. The molecule has 0 saturated carbocycles. The zero-order valence-corrected chi connectivity index (χ0v) is 15.1. The fourth-order valence-corrected chi connectivity index (χ4v) is 3.57. The second-order valence-electron chi connectivity index (χ2n) is 6.28. The van der Waals surface area contributed by atoms with Crippen molar-refractivity contribution >= 4 is 27.0 Å². The molecule has 2 aromatic rings. The van der Waals surface area contributed by atoms with Crippen molar-refractivity contribution in [1.29, 1.82) is 0 Å². The molecule has 0 atom stereocenters. The maximum atomic E-state index is 8.94. The number of fused-ring (bicyclic) bond motifs is 1. The van der Waals surface area contributed by atoms with Crippen molar-refractivity contribution in [2.24, 2.45) is 0 Å². The number of hydrogen-bond acceptors (Lipinski definition) is 5. The van der Waals surface area contributed by atoms with Crippen molar-refractivity contribution in [2.45, 2.75) is 31.8 Å². The van der Waals surface area contributed by atoms with Gasteiger partial charge in [-0.25, -0.2) is 4.98 Å². The Morgan fingerprint density at radius 2 is 2.17 bits per heavy atom. The van der Waals surface area contributed by atoms with E-state index in [0.29, 0.717) is 6.04 Å². The molecule has 23 heavy (non-hydrogen) atoms. The Morgan fingerprint density at radius 1 is 1.39 bits per heavy atom. The van der Waals surface area contributed by atoms with Gasteiger partial charge in [0.15, 0.2) is 5.58 Å². The lowest BCUT2D eigenvalue weighted by atomic mass is 10.0. The van der Waals surface area contributed by atoms with Crippen LogP contribution in [-0.2, 0) is 6.54 Å². The largest absolute Gasteiger partial charge is 0.439 e. The smallest absolute Gasteiger partial charge is 0.209 e. The van der Waals surface area contributed by atoms with Crippen LogP contribution in [0.5, 0.6) is 0 Å². The summed E-state index contributed by atoms with van der Waals surface area (Å²) in [6.07, 6.45) is 3.18. The molecule has 1 aromatic carbocycles. The molecule has 0 bridgehead atoms. The summed E-state index contributed by atoms with van der Waals surface area (Å²) in [4.78, 5) is 9.37. The van der Waals surface area contributed by atoms with E-state index in [1.807, 2.05) is 18.2 Å². The van der Waals surface area contributed by atoms with Gasteiger partial charge in [-0.2, -0.15) is 0 Å². The summed E-state index contributed by atoms with van der Waals surface area (Å²) in [6.45, 7) is 4.16. The predicted molar refractivity (Wildman–Crippen MR) is 94.3 cm³/mol. The Morgan fingerprint density at radius 3 is 2.91 bits per heavy atom. The van der Waals surface area contributed by atoms with Crippen LogP contribution < -0.4 is 0 Å². The molecule has 6 heteroatoms. The lowest BCUT2D eigenvalue weighted by Gasteiger charge is -2.36. The van der Waals surface area contributed by atoms with Crippen LogP contribution in [0, 0.1) is 0 Å². The standard InChI is InChI=1S/C17H24BrN3O2/c1-20(7-2-10-22)14-5-8-21(9-6-14)12-17-19-15-4-3-13(18)11-16(15)23-17/h3-4,11,14,22H,2,5-10,12H2,1H3. The fourth-order valence-electron chi connectivity index (χ4n) is 3.23. The third-order valence-electron chi connectivity index (χ3n) is 4.60. The Balaban J connectivity index is 1.53. The number of aliphatic hydroxyl groups excluding tert-OH is 1. The second-order valence-corrected chi connectivity index (χ2v) is 7.20. The molecule has 1 N–H and O–H groups in total. The number of piperidine rings is 1. The molecule has 1 aromatic heterocycles. The lowest BCUT2D eigenvalue weighted by Crippen LogP contribution is -2.43. The number of nitrogens with zero attached hydrogens (tertiary/aromatic N) is 3. The molecule has 126 valence electrons. The summed E-state index contributed by atoms with van der Waals surface area (Å²) in [5.41, 5.74) is 1.76. The van der Waals surface area contributed by atoms with Gasteiger partial charge < -0.3 is 14.4 Å². The van der Waals surface area contributed by atoms with Crippen molar-refractivity contribution in [3.05, 3.63) is 28.6 Å². The average Bonchev–Trinajstić information content (AvgIpc) is 2.94. The summed E-state index contributed by atoms with van der Waals surface area (Å²) < 4.78 is 6.87. The molecule has 1 fully saturated rings. The van der Waals surface area contributed by atoms with Crippen molar-refractivity contribution in [2.75, 3.05) is 33.3 Å². The van der Waals surface area contributed by atoms with E-state index in [4.69, 9.17) is 9.52 Å². The summed E-state index contributed by atoms with van der Waals surface area (Å²) in [5, 5.41) is 8.94. The highest BCUT2D eigenvalue weighted by atomic mass is 79.9. The Bertz CT molecular complexity index is 638. The Kier molecular flexibility index (Phi) is 5.69. The second kappa shape index (κ2) is 7.75. The summed E-state index contributed by atoms with van der Waals surface area (Å²) >= 11 is 3.46. The molecule has 0 spiro atoms. The fraction of sp³-hybridized carbons (Fsp3) is 0.588. The third kappa shape index (κ3) is 4.32.